The molecule has 1 aromatic carbocycles. The zero-order valence-corrected chi connectivity index (χ0v) is 16.9. The Kier molecular flexibility index (Phi) is 10.4. The van der Waals surface area contributed by atoms with E-state index in [1.54, 1.807) is 0 Å². The molecule has 0 spiro atoms. The van der Waals surface area contributed by atoms with Gasteiger partial charge in [-0.3, -0.25) is 0 Å². The second kappa shape index (κ2) is 12.8. The molecule has 0 saturated carbocycles. The fourth-order valence-corrected chi connectivity index (χ4v) is 3.20. The molecular weight excluding hydrogens is 382 g/mol. The largest absolute Gasteiger partial charge is 0.493 e. The third-order valence-corrected chi connectivity index (χ3v) is 4.92. The quantitative estimate of drug-likeness (QED) is 0.368. The van der Waals surface area contributed by atoms with E-state index in [1.807, 2.05) is 6.08 Å². The highest BCUT2D eigenvalue weighted by Crippen LogP contribution is 2.25. The first-order valence-corrected chi connectivity index (χ1v) is 10.4. The van der Waals surface area contributed by atoms with Gasteiger partial charge in [-0.2, -0.15) is 0 Å². The standard InChI is InChI=1S/C22H32F2O5/c1-2-3-4-5-6-7-8-9-10-13-27-21-19(29-22(26)20(21)25)15-28-16-11-12-17(23)18(24)14-16/h10-14,19-22,25-26H,2-9,15H2,1H3/b13-10+/t19-,20+,21-,22+/m1/s1. The van der Waals surface area contributed by atoms with Crippen molar-refractivity contribution >= 4 is 0 Å². The first-order chi connectivity index (χ1) is 14.0. The Labute approximate surface area is 171 Å². The van der Waals surface area contributed by atoms with E-state index < -0.39 is 36.2 Å². The van der Waals surface area contributed by atoms with Crippen LogP contribution in [0.4, 0.5) is 8.78 Å². The first-order valence-electron chi connectivity index (χ1n) is 10.4. The van der Waals surface area contributed by atoms with E-state index in [4.69, 9.17) is 14.2 Å². The molecule has 7 heteroatoms. The van der Waals surface area contributed by atoms with Gasteiger partial charge in [0, 0.05) is 6.07 Å². The summed E-state index contributed by atoms with van der Waals surface area (Å²) >= 11 is 0. The van der Waals surface area contributed by atoms with Crippen molar-refractivity contribution in [3.8, 4) is 5.75 Å². The number of benzene rings is 1. The minimum Gasteiger partial charge on any atom is -0.493 e. The molecule has 5 nitrogen and oxygen atoms in total. The van der Waals surface area contributed by atoms with Crippen LogP contribution in [0.3, 0.4) is 0 Å². The molecule has 1 aliphatic rings. The monoisotopic (exact) mass is 414 g/mol. The van der Waals surface area contributed by atoms with Crippen molar-refractivity contribution in [2.24, 2.45) is 0 Å². The summed E-state index contributed by atoms with van der Waals surface area (Å²) in [4.78, 5) is 0. The molecule has 0 bridgehead atoms. The van der Waals surface area contributed by atoms with Crippen molar-refractivity contribution in [3.63, 3.8) is 0 Å². The molecule has 1 aliphatic heterocycles. The lowest BCUT2D eigenvalue weighted by molar-refractivity contribution is -0.131. The van der Waals surface area contributed by atoms with E-state index in [0.29, 0.717) is 0 Å². The van der Waals surface area contributed by atoms with E-state index in [2.05, 4.69) is 6.92 Å². The van der Waals surface area contributed by atoms with Gasteiger partial charge in [0.05, 0.1) is 6.26 Å². The number of aliphatic hydroxyl groups is 2. The second-order valence-corrected chi connectivity index (χ2v) is 7.33. The SMILES string of the molecule is CCCCCCCCC/C=C/O[C@H]1[C@H](O)[C@@H](O)O[C@@H]1COc1ccc(F)c(F)c1. The third-order valence-electron chi connectivity index (χ3n) is 4.92. The third kappa shape index (κ3) is 7.91. The van der Waals surface area contributed by atoms with Crippen LogP contribution in [0, 0.1) is 11.6 Å². The number of allylic oxidation sites excluding steroid dienone is 1. The molecule has 1 saturated heterocycles. The summed E-state index contributed by atoms with van der Waals surface area (Å²) in [6.07, 6.45) is 8.67. The molecule has 0 unspecified atom stereocenters. The maximum atomic E-state index is 13.3. The van der Waals surface area contributed by atoms with Gasteiger partial charge in [0.2, 0.25) is 0 Å². The van der Waals surface area contributed by atoms with Crippen LogP contribution in [0.15, 0.2) is 30.5 Å². The Morgan fingerprint density at radius 2 is 1.76 bits per heavy atom. The fourth-order valence-electron chi connectivity index (χ4n) is 3.20. The van der Waals surface area contributed by atoms with Gasteiger partial charge in [0.1, 0.15) is 24.6 Å². The summed E-state index contributed by atoms with van der Waals surface area (Å²) < 4.78 is 42.4. The van der Waals surface area contributed by atoms with Gasteiger partial charge in [0.15, 0.2) is 24.0 Å². The molecule has 0 aromatic heterocycles. The Morgan fingerprint density at radius 3 is 2.48 bits per heavy atom. The topological polar surface area (TPSA) is 68.2 Å². The zero-order valence-electron chi connectivity index (χ0n) is 16.9. The van der Waals surface area contributed by atoms with Gasteiger partial charge in [-0.25, -0.2) is 8.78 Å². The molecule has 29 heavy (non-hydrogen) atoms. The molecular formula is C22H32F2O5. The summed E-state index contributed by atoms with van der Waals surface area (Å²) in [7, 11) is 0. The number of aliphatic hydroxyl groups excluding tert-OH is 2. The van der Waals surface area contributed by atoms with Crippen LogP contribution in [0.25, 0.3) is 0 Å². The van der Waals surface area contributed by atoms with Crippen molar-refractivity contribution in [2.75, 3.05) is 6.61 Å². The van der Waals surface area contributed by atoms with Crippen molar-refractivity contribution in [1.82, 2.24) is 0 Å². The molecule has 1 heterocycles. The maximum Gasteiger partial charge on any atom is 0.185 e. The molecule has 0 radical (unpaired) electrons. The summed E-state index contributed by atoms with van der Waals surface area (Å²) in [5.74, 6) is -1.86. The number of unbranched alkanes of at least 4 members (excludes halogenated alkanes) is 7. The fraction of sp³-hybridized carbons (Fsp3) is 0.636. The highest BCUT2D eigenvalue weighted by molar-refractivity contribution is 5.23. The highest BCUT2D eigenvalue weighted by atomic mass is 19.2. The average molecular weight is 414 g/mol. The lowest BCUT2D eigenvalue weighted by Gasteiger charge is -2.19. The number of ether oxygens (including phenoxy) is 3. The van der Waals surface area contributed by atoms with Crippen molar-refractivity contribution in [3.05, 3.63) is 42.2 Å². The number of rotatable bonds is 13. The number of halogens is 2. The van der Waals surface area contributed by atoms with E-state index in [0.717, 1.165) is 25.0 Å². The molecule has 2 rings (SSSR count). The average Bonchev–Trinajstić information content (AvgIpc) is 2.98. The Morgan fingerprint density at radius 1 is 1.03 bits per heavy atom. The van der Waals surface area contributed by atoms with E-state index in [-0.39, 0.29) is 12.4 Å². The van der Waals surface area contributed by atoms with Gasteiger partial charge in [-0.1, -0.05) is 45.4 Å². The summed E-state index contributed by atoms with van der Waals surface area (Å²) in [5, 5.41) is 19.8. The normalized spacial score (nSPS) is 24.3. The van der Waals surface area contributed by atoms with E-state index in [9.17, 15) is 19.0 Å². The van der Waals surface area contributed by atoms with Crippen LogP contribution in [0.1, 0.15) is 58.3 Å². The predicted molar refractivity (Wildman–Crippen MR) is 105 cm³/mol. The van der Waals surface area contributed by atoms with Crippen LogP contribution >= 0.6 is 0 Å². The van der Waals surface area contributed by atoms with Crippen LogP contribution in [-0.4, -0.2) is 41.4 Å². The second-order valence-electron chi connectivity index (χ2n) is 7.33. The van der Waals surface area contributed by atoms with Crippen LogP contribution in [0.5, 0.6) is 5.75 Å². The minimum absolute atomic E-state index is 0.0878. The molecule has 2 N–H and O–H groups in total. The predicted octanol–water partition coefficient (Wildman–Crippen LogP) is 4.46. The molecule has 1 fully saturated rings. The van der Waals surface area contributed by atoms with Gasteiger partial charge >= 0.3 is 0 Å². The van der Waals surface area contributed by atoms with Crippen LogP contribution in [0.2, 0.25) is 0 Å². The van der Waals surface area contributed by atoms with Crippen molar-refractivity contribution < 1.29 is 33.2 Å². The van der Waals surface area contributed by atoms with Gasteiger partial charge in [0.25, 0.3) is 0 Å². The zero-order chi connectivity index (χ0) is 21.1. The van der Waals surface area contributed by atoms with Crippen molar-refractivity contribution in [2.45, 2.75) is 82.9 Å². The molecule has 164 valence electrons. The van der Waals surface area contributed by atoms with Crippen LogP contribution < -0.4 is 4.74 Å². The molecule has 1 aromatic rings. The lowest BCUT2D eigenvalue weighted by atomic mass is 10.1. The number of hydrogen-bond acceptors (Lipinski definition) is 5. The van der Waals surface area contributed by atoms with Gasteiger partial charge < -0.3 is 24.4 Å². The van der Waals surface area contributed by atoms with Gasteiger partial charge in [-0.05, 0) is 31.1 Å². The minimum atomic E-state index is -1.39. The smallest absolute Gasteiger partial charge is 0.185 e. The summed E-state index contributed by atoms with van der Waals surface area (Å²) in [6.45, 7) is 2.12. The lowest BCUT2D eigenvalue weighted by Crippen LogP contribution is -2.36. The highest BCUT2D eigenvalue weighted by Gasteiger charge is 2.44. The summed E-state index contributed by atoms with van der Waals surface area (Å²) in [6, 6.07) is 3.18. The molecule has 4 atom stereocenters. The Bertz CT molecular complexity index is 625. The molecule has 0 aliphatic carbocycles. The van der Waals surface area contributed by atoms with Crippen LogP contribution in [-0.2, 0) is 9.47 Å². The molecule has 0 amide bonds. The summed E-state index contributed by atoms with van der Waals surface area (Å²) in [5.41, 5.74) is 0. The van der Waals surface area contributed by atoms with Gasteiger partial charge in [-0.15, -0.1) is 0 Å². The van der Waals surface area contributed by atoms with Crippen molar-refractivity contribution in [1.29, 1.82) is 0 Å². The van der Waals surface area contributed by atoms with E-state index >= 15 is 0 Å². The maximum absolute atomic E-state index is 13.3. The van der Waals surface area contributed by atoms with E-state index in [1.165, 1.54) is 50.9 Å². The Hall–Kier alpha value is -1.70. The first kappa shape index (κ1) is 23.6. The Balaban J connectivity index is 1.71. The number of hydrogen-bond donors (Lipinski definition) is 2.